The maximum Gasteiger partial charge on any atom is 0.272 e. The summed E-state index contributed by atoms with van der Waals surface area (Å²) in [7, 11) is 1.78. The number of nitrogens with one attached hydrogen (secondary N) is 1. The number of nitrogens with zero attached hydrogens (tertiary/aromatic N) is 3. The maximum absolute atomic E-state index is 13.3. The third kappa shape index (κ3) is 3.66. The van der Waals surface area contributed by atoms with E-state index in [2.05, 4.69) is 15.3 Å². The zero-order valence-electron chi connectivity index (χ0n) is 15.1. The molecule has 0 fully saturated rings. The monoisotopic (exact) mass is 372 g/mol. The predicted molar refractivity (Wildman–Crippen MR) is 106 cm³/mol. The molecular weight excluding hydrogens is 355 g/mol. The Kier molecular flexibility index (Phi) is 4.68. The summed E-state index contributed by atoms with van der Waals surface area (Å²) in [6, 6.07) is 17.3. The summed E-state index contributed by atoms with van der Waals surface area (Å²) in [5.74, 6) is -0.0773. The Morgan fingerprint density at radius 2 is 1.68 bits per heavy atom. The van der Waals surface area contributed by atoms with Crippen LogP contribution in [0.15, 0.2) is 79.3 Å². The Balaban J connectivity index is 1.56. The molecule has 0 unspecified atom stereocenters. The minimum Gasteiger partial charge on any atom is -0.346 e. The molecule has 5 nitrogen and oxygen atoms in total. The number of carbonyl (C=O) groups excluding carboxylic acids is 1. The molecule has 2 aromatic heterocycles. The highest BCUT2D eigenvalue weighted by Gasteiger charge is 2.14. The van der Waals surface area contributed by atoms with Crippen molar-refractivity contribution in [2.45, 2.75) is 0 Å². The molecule has 0 radical (unpaired) electrons. The van der Waals surface area contributed by atoms with Gasteiger partial charge >= 0.3 is 0 Å². The zero-order valence-corrected chi connectivity index (χ0v) is 15.1. The van der Waals surface area contributed by atoms with Crippen molar-refractivity contribution in [3.63, 3.8) is 0 Å². The molecule has 6 heteroatoms. The van der Waals surface area contributed by atoms with Crippen molar-refractivity contribution in [2.75, 3.05) is 5.32 Å². The molecule has 4 aromatic rings. The molecule has 0 aliphatic carbocycles. The Labute approximate surface area is 161 Å². The number of aromatic nitrogens is 3. The lowest BCUT2D eigenvalue weighted by atomic mass is 10.1. The lowest BCUT2D eigenvalue weighted by Gasteiger charge is -2.05. The fourth-order valence-electron chi connectivity index (χ4n) is 2.92. The highest BCUT2D eigenvalue weighted by atomic mass is 19.1. The van der Waals surface area contributed by atoms with Crippen molar-refractivity contribution < 1.29 is 9.18 Å². The number of halogens is 1. The number of carbonyl (C=O) groups is 1. The van der Waals surface area contributed by atoms with E-state index in [0.717, 1.165) is 16.7 Å². The lowest BCUT2D eigenvalue weighted by Crippen LogP contribution is -2.15. The second-order valence-electron chi connectivity index (χ2n) is 6.35. The summed E-state index contributed by atoms with van der Waals surface area (Å²) < 4.78 is 15.0. The van der Waals surface area contributed by atoms with Crippen LogP contribution in [0.2, 0.25) is 0 Å². The van der Waals surface area contributed by atoms with E-state index in [1.807, 2.05) is 36.5 Å². The second-order valence-corrected chi connectivity index (χ2v) is 6.35. The molecule has 0 aliphatic heterocycles. The van der Waals surface area contributed by atoms with Crippen LogP contribution in [0.1, 0.15) is 10.5 Å². The zero-order chi connectivity index (χ0) is 19.5. The topological polar surface area (TPSA) is 59.8 Å². The van der Waals surface area contributed by atoms with Crippen LogP contribution in [0, 0.1) is 5.82 Å². The Hall–Kier alpha value is -3.80. The second kappa shape index (κ2) is 7.44. The number of hydrogen-bond donors (Lipinski definition) is 1. The summed E-state index contributed by atoms with van der Waals surface area (Å²) in [6.07, 6.45) is 5.30. The average molecular weight is 372 g/mol. The molecule has 2 aromatic carbocycles. The molecule has 2 heterocycles. The number of benzene rings is 2. The Bertz CT molecular complexity index is 1120. The van der Waals surface area contributed by atoms with Crippen molar-refractivity contribution in [1.82, 2.24) is 14.5 Å². The fourth-order valence-corrected chi connectivity index (χ4v) is 2.92. The van der Waals surface area contributed by atoms with E-state index in [4.69, 9.17) is 0 Å². The molecule has 0 spiro atoms. The predicted octanol–water partition coefficient (Wildman–Crippen LogP) is 4.54. The summed E-state index contributed by atoms with van der Waals surface area (Å²) in [5.41, 5.74) is 3.43. The molecular formula is C22H17FN4O. The van der Waals surface area contributed by atoms with Crippen LogP contribution in [0.4, 0.5) is 10.1 Å². The van der Waals surface area contributed by atoms with Gasteiger partial charge in [-0.15, -0.1) is 0 Å². The van der Waals surface area contributed by atoms with Crippen molar-refractivity contribution >= 4 is 11.6 Å². The van der Waals surface area contributed by atoms with Crippen LogP contribution in [0.25, 0.3) is 22.5 Å². The van der Waals surface area contributed by atoms with Crippen LogP contribution in [0.3, 0.4) is 0 Å². The fraction of sp³-hybridized carbons (Fsp3) is 0.0455. The first-order valence-electron chi connectivity index (χ1n) is 8.71. The van der Waals surface area contributed by atoms with Gasteiger partial charge in [0.2, 0.25) is 0 Å². The van der Waals surface area contributed by atoms with Gasteiger partial charge in [-0.3, -0.25) is 4.79 Å². The van der Waals surface area contributed by atoms with Crippen LogP contribution in [-0.4, -0.2) is 20.4 Å². The standard InChI is InChI=1S/C22H17FN4O/c1-27-14-16(10-20(27)22(28)26-19-9-5-8-18(23)11-19)17-12-24-21(25-13-17)15-6-3-2-4-7-15/h2-14H,1H3,(H,26,28). The van der Waals surface area contributed by atoms with Crippen LogP contribution in [-0.2, 0) is 7.05 Å². The molecule has 0 aliphatic rings. The Morgan fingerprint density at radius 3 is 2.39 bits per heavy atom. The van der Waals surface area contributed by atoms with Gasteiger partial charge in [0, 0.05) is 48.0 Å². The number of aryl methyl sites for hydroxylation is 1. The number of hydrogen-bond acceptors (Lipinski definition) is 3. The largest absolute Gasteiger partial charge is 0.346 e. The summed E-state index contributed by atoms with van der Waals surface area (Å²) in [4.78, 5) is 21.4. The van der Waals surface area contributed by atoms with Gasteiger partial charge in [0.15, 0.2) is 5.82 Å². The molecule has 0 atom stereocenters. The summed E-state index contributed by atoms with van der Waals surface area (Å²) in [6.45, 7) is 0. The van der Waals surface area contributed by atoms with E-state index in [-0.39, 0.29) is 5.91 Å². The van der Waals surface area contributed by atoms with Crippen molar-refractivity contribution in [2.24, 2.45) is 7.05 Å². The van der Waals surface area contributed by atoms with Gasteiger partial charge < -0.3 is 9.88 Å². The van der Waals surface area contributed by atoms with E-state index in [0.29, 0.717) is 17.2 Å². The minimum absolute atomic E-state index is 0.318. The highest BCUT2D eigenvalue weighted by molar-refractivity contribution is 6.04. The normalized spacial score (nSPS) is 10.6. The lowest BCUT2D eigenvalue weighted by molar-refractivity contribution is 0.101. The van der Waals surface area contributed by atoms with Crippen LogP contribution >= 0.6 is 0 Å². The number of amides is 1. The van der Waals surface area contributed by atoms with Crippen molar-refractivity contribution in [3.8, 4) is 22.5 Å². The third-order valence-corrected chi connectivity index (χ3v) is 4.34. The number of anilines is 1. The van der Waals surface area contributed by atoms with Gasteiger partial charge in [-0.05, 0) is 24.3 Å². The molecule has 1 N–H and O–H groups in total. The first-order chi connectivity index (χ1) is 13.6. The summed E-state index contributed by atoms with van der Waals surface area (Å²) >= 11 is 0. The average Bonchev–Trinajstić information content (AvgIpc) is 3.11. The van der Waals surface area contributed by atoms with Crippen LogP contribution < -0.4 is 5.32 Å². The van der Waals surface area contributed by atoms with Gasteiger partial charge in [0.05, 0.1) is 0 Å². The molecule has 28 heavy (non-hydrogen) atoms. The minimum atomic E-state index is -0.402. The smallest absolute Gasteiger partial charge is 0.272 e. The molecule has 138 valence electrons. The summed E-state index contributed by atoms with van der Waals surface area (Å²) in [5, 5.41) is 2.70. The van der Waals surface area contributed by atoms with Crippen molar-refractivity contribution in [3.05, 3.63) is 90.8 Å². The highest BCUT2D eigenvalue weighted by Crippen LogP contribution is 2.23. The first-order valence-corrected chi connectivity index (χ1v) is 8.71. The molecule has 0 saturated heterocycles. The molecule has 4 rings (SSSR count). The van der Waals surface area contributed by atoms with E-state index < -0.39 is 5.82 Å². The SMILES string of the molecule is Cn1cc(-c2cnc(-c3ccccc3)nc2)cc1C(=O)Nc1cccc(F)c1. The first kappa shape index (κ1) is 17.6. The Morgan fingerprint density at radius 1 is 0.929 bits per heavy atom. The van der Waals surface area contributed by atoms with E-state index in [9.17, 15) is 9.18 Å². The third-order valence-electron chi connectivity index (χ3n) is 4.34. The maximum atomic E-state index is 13.3. The number of rotatable bonds is 4. The van der Waals surface area contributed by atoms with Gasteiger partial charge in [-0.2, -0.15) is 0 Å². The van der Waals surface area contributed by atoms with Gasteiger partial charge in [0.25, 0.3) is 5.91 Å². The van der Waals surface area contributed by atoms with Crippen LogP contribution in [0.5, 0.6) is 0 Å². The van der Waals surface area contributed by atoms with Crippen molar-refractivity contribution in [1.29, 1.82) is 0 Å². The van der Waals surface area contributed by atoms with Gasteiger partial charge in [-0.1, -0.05) is 36.4 Å². The molecule has 0 saturated carbocycles. The quantitative estimate of drug-likeness (QED) is 0.572. The molecule has 0 bridgehead atoms. The van der Waals surface area contributed by atoms with Gasteiger partial charge in [0.1, 0.15) is 11.5 Å². The van der Waals surface area contributed by atoms with E-state index in [1.165, 1.54) is 12.1 Å². The van der Waals surface area contributed by atoms with E-state index in [1.54, 1.807) is 42.2 Å². The van der Waals surface area contributed by atoms with E-state index >= 15 is 0 Å². The van der Waals surface area contributed by atoms with Gasteiger partial charge in [-0.25, -0.2) is 14.4 Å². The molecule has 1 amide bonds.